The quantitative estimate of drug-likeness (QED) is 0.910. The van der Waals surface area contributed by atoms with E-state index in [-0.39, 0.29) is 6.10 Å². The number of rotatable bonds is 4. The molecule has 1 aliphatic heterocycles. The van der Waals surface area contributed by atoms with E-state index in [4.69, 9.17) is 4.74 Å². The average molecular weight is 314 g/mol. The van der Waals surface area contributed by atoms with Crippen molar-refractivity contribution in [3.8, 4) is 11.8 Å². The number of ether oxygens (including phenoxy) is 1. The van der Waals surface area contributed by atoms with Gasteiger partial charge in [-0.3, -0.25) is 0 Å². The first-order valence-electron chi connectivity index (χ1n) is 8.42. The van der Waals surface area contributed by atoms with Crippen LogP contribution in [0, 0.1) is 11.3 Å². The molecule has 0 bridgehead atoms. The Bertz CT molecular complexity index is 623. The molecule has 0 amide bonds. The van der Waals surface area contributed by atoms with Crippen molar-refractivity contribution in [2.75, 3.05) is 13.1 Å². The van der Waals surface area contributed by atoms with Crippen molar-refractivity contribution in [3.63, 3.8) is 0 Å². The lowest BCUT2D eigenvalue weighted by molar-refractivity contribution is 0.208. The first-order valence-corrected chi connectivity index (χ1v) is 8.42. The minimum absolute atomic E-state index is 0.148. The molecule has 1 N–H and O–H groups in total. The average Bonchev–Trinajstić information content (AvgIpc) is 3.08. The number of hydrogen-bond donors (Lipinski definition) is 1. The zero-order chi connectivity index (χ0) is 16.3. The first kappa shape index (κ1) is 16.0. The van der Waals surface area contributed by atoms with Gasteiger partial charge in [0.05, 0.1) is 23.2 Å². The maximum absolute atomic E-state index is 13.8. The lowest BCUT2D eigenvalue weighted by Crippen LogP contribution is -2.38. The van der Waals surface area contributed by atoms with Crippen LogP contribution in [0.15, 0.2) is 24.8 Å². The van der Waals surface area contributed by atoms with Gasteiger partial charge in [0.25, 0.3) is 0 Å². The van der Waals surface area contributed by atoms with Gasteiger partial charge in [-0.15, -0.1) is 0 Å². The van der Waals surface area contributed by atoms with Crippen molar-refractivity contribution < 1.29 is 9.13 Å². The Morgan fingerprint density at radius 1 is 1.30 bits per heavy atom. The summed E-state index contributed by atoms with van der Waals surface area (Å²) in [4.78, 5) is 0. The van der Waals surface area contributed by atoms with Crippen LogP contribution in [-0.2, 0) is 5.41 Å². The summed E-state index contributed by atoms with van der Waals surface area (Å²) in [5.74, 6) is 0.0518. The van der Waals surface area contributed by atoms with Gasteiger partial charge < -0.3 is 10.1 Å². The molecular formula is C19H23FN2O. The molecule has 4 heteroatoms. The van der Waals surface area contributed by atoms with E-state index >= 15 is 0 Å². The molecule has 122 valence electrons. The molecule has 3 nitrogen and oxygen atoms in total. The van der Waals surface area contributed by atoms with Gasteiger partial charge in [0.1, 0.15) is 11.6 Å². The van der Waals surface area contributed by atoms with Crippen LogP contribution in [0.3, 0.4) is 0 Å². The zero-order valence-corrected chi connectivity index (χ0v) is 13.4. The second kappa shape index (κ2) is 6.72. The van der Waals surface area contributed by atoms with E-state index in [2.05, 4.69) is 18.0 Å². The molecule has 1 heterocycles. The highest BCUT2D eigenvalue weighted by atomic mass is 19.1. The second-order valence-electron chi connectivity index (χ2n) is 6.58. The zero-order valence-electron chi connectivity index (χ0n) is 13.4. The summed E-state index contributed by atoms with van der Waals surface area (Å²) in [5.41, 5.74) is 0.831. The second-order valence-corrected chi connectivity index (χ2v) is 6.58. The smallest absolute Gasteiger partial charge is 0.130 e. The van der Waals surface area contributed by atoms with Crippen molar-refractivity contribution in [1.82, 2.24) is 5.32 Å². The molecule has 0 unspecified atom stereocenters. The number of nitrogens with zero attached hydrogens (tertiary/aromatic N) is 1. The molecule has 1 saturated heterocycles. The Morgan fingerprint density at radius 2 is 2.00 bits per heavy atom. The molecule has 2 fully saturated rings. The molecule has 1 aliphatic carbocycles. The number of piperidine rings is 1. The fourth-order valence-corrected chi connectivity index (χ4v) is 3.65. The summed E-state index contributed by atoms with van der Waals surface area (Å²) < 4.78 is 19.8. The molecule has 1 saturated carbocycles. The summed E-state index contributed by atoms with van der Waals surface area (Å²) in [6.07, 6.45) is 6.01. The third-order valence-electron chi connectivity index (χ3n) is 5.09. The van der Waals surface area contributed by atoms with E-state index in [0.29, 0.717) is 11.3 Å². The highest BCUT2D eigenvalue weighted by Crippen LogP contribution is 2.38. The third-order valence-corrected chi connectivity index (χ3v) is 5.09. The van der Waals surface area contributed by atoms with Gasteiger partial charge in [-0.25, -0.2) is 4.39 Å². The molecule has 0 radical (unpaired) electrons. The number of benzene rings is 1. The lowest BCUT2D eigenvalue weighted by Gasteiger charge is -2.32. The number of nitrogens with one attached hydrogen (secondary N) is 1. The topological polar surface area (TPSA) is 45.0 Å². The lowest BCUT2D eigenvalue weighted by atomic mass is 9.74. The predicted molar refractivity (Wildman–Crippen MR) is 88.9 cm³/mol. The van der Waals surface area contributed by atoms with Crippen LogP contribution in [0.4, 0.5) is 4.39 Å². The summed E-state index contributed by atoms with van der Waals surface area (Å²) in [6.45, 7) is 5.07. The molecule has 1 aromatic rings. The molecule has 3 rings (SSSR count). The minimum Gasteiger partial charge on any atom is -0.490 e. The van der Waals surface area contributed by atoms with E-state index in [1.54, 1.807) is 6.07 Å². The van der Waals surface area contributed by atoms with Gasteiger partial charge in [-0.2, -0.15) is 5.26 Å². The summed E-state index contributed by atoms with van der Waals surface area (Å²) in [7, 11) is 0. The van der Waals surface area contributed by atoms with Crippen LogP contribution in [0.25, 0.3) is 5.83 Å². The number of hydrogen-bond acceptors (Lipinski definition) is 3. The van der Waals surface area contributed by atoms with Crippen molar-refractivity contribution in [2.45, 2.75) is 50.0 Å². The standard InChI is InChI=1S/C19H23FN2O/c1-14(20)17-7-6-15(19(13-21)8-10-22-11-9-19)12-18(17)23-16-4-2-3-5-16/h6-7,12,16,22H,1-5,8-11H2. The molecule has 0 aromatic heterocycles. The van der Waals surface area contributed by atoms with Crippen LogP contribution >= 0.6 is 0 Å². The van der Waals surface area contributed by atoms with E-state index in [9.17, 15) is 9.65 Å². The predicted octanol–water partition coefficient (Wildman–Crippen LogP) is 4.09. The van der Waals surface area contributed by atoms with Crippen molar-refractivity contribution >= 4 is 5.83 Å². The molecular weight excluding hydrogens is 291 g/mol. The fourth-order valence-electron chi connectivity index (χ4n) is 3.65. The van der Waals surface area contributed by atoms with Crippen LogP contribution in [0.1, 0.15) is 49.7 Å². The van der Waals surface area contributed by atoms with Gasteiger partial charge in [0, 0.05) is 0 Å². The van der Waals surface area contributed by atoms with E-state index < -0.39 is 11.2 Å². The van der Waals surface area contributed by atoms with Gasteiger partial charge in [-0.1, -0.05) is 12.6 Å². The van der Waals surface area contributed by atoms with Gasteiger partial charge in [-0.05, 0) is 69.3 Å². The normalized spacial score (nSPS) is 20.9. The Kier molecular flexibility index (Phi) is 4.68. The Labute approximate surface area is 137 Å². The van der Waals surface area contributed by atoms with Crippen LogP contribution in [0.2, 0.25) is 0 Å². The molecule has 0 spiro atoms. The van der Waals surface area contributed by atoms with Gasteiger partial charge in [0.2, 0.25) is 0 Å². The molecule has 2 aliphatic rings. The Hall–Kier alpha value is -1.86. The summed E-state index contributed by atoms with van der Waals surface area (Å²) >= 11 is 0. The maximum atomic E-state index is 13.8. The first-order chi connectivity index (χ1) is 11.1. The SMILES string of the molecule is C=C(F)c1ccc(C2(C#N)CCNCC2)cc1OC1CCCC1. The van der Waals surface area contributed by atoms with Crippen LogP contribution < -0.4 is 10.1 Å². The Balaban J connectivity index is 1.95. The van der Waals surface area contributed by atoms with Crippen LogP contribution in [-0.4, -0.2) is 19.2 Å². The minimum atomic E-state index is -0.505. The monoisotopic (exact) mass is 314 g/mol. The maximum Gasteiger partial charge on any atom is 0.130 e. The highest BCUT2D eigenvalue weighted by molar-refractivity contribution is 5.64. The van der Waals surface area contributed by atoms with Crippen molar-refractivity contribution in [2.24, 2.45) is 0 Å². The molecule has 0 atom stereocenters. The largest absolute Gasteiger partial charge is 0.490 e. The Morgan fingerprint density at radius 3 is 2.61 bits per heavy atom. The van der Waals surface area contributed by atoms with Gasteiger partial charge >= 0.3 is 0 Å². The van der Waals surface area contributed by atoms with Crippen molar-refractivity contribution in [1.29, 1.82) is 5.26 Å². The fraction of sp³-hybridized carbons (Fsp3) is 0.526. The van der Waals surface area contributed by atoms with Crippen molar-refractivity contribution in [3.05, 3.63) is 35.9 Å². The molecule has 23 heavy (non-hydrogen) atoms. The van der Waals surface area contributed by atoms with E-state index in [1.165, 1.54) is 0 Å². The number of nitriles is 1. The molecule has 1 aromatic carbocycles. The third kappa shape index (κ3) is 3.25. The summed E-state index contributed by atoms with van der Waals surface area (Å²) in [6, 6.07) is 7.93. The van der Waals surface area contributed by atoms with Crippen LogP contribution in [0.5, 0.6) is 5.75 Å². The van der Waals surface area contributed by atoms with Gasteiger partial charge in [0.15, 0.2) is 0 Å². The highest BCUT2D eigenvalue weighted by Gasteiger charge is 2.35. The summed E-state index contributed by atoms with van der Waals surface area (Å²) in [5, 5.41) is 13.0. The number of halogens is 1. The van der Waals surface area contributed by atoms with E-state index in [1.807, 2.05) is 12.1 Å². The van der Waals surface area contributed by atoms with E-state index in [0.717, 1.165) is 57.2 Å².